The number of carbonyl (C=O) groups excluding carboxylic acids is 4. The highest BCUT2D eigenvalue weighted by Gasteiger charge is 2.54. The molecule has 2 aliphatic rings. The van der Waals surface area contributed by atoms with E-state index in [1.165, 1.54) is 4.90 Å². The van der Waals surface area contributed by atoms with Gasteiger partial charge in [0.2, 0.25) is 17.7 Å². The lowest BCUT2D eigenvalue weighted by Crippen LogP contribution is -2.47. The highest BCUT2D eigenvalue weighted by molar-refractivity contribution is 6.10. The van der Waals surface area contributed by atoms with E-state index in [-0.39, 0.29) is 48.8 Å². The number of ketones is 1. The summed E-state index contributed by atoms with van der Waals surface area (Å²) in [7, 11) is 0. The lowest BCUT2D eigenvalue weighted by Gasteiger charge is -2.35. The number of aryl methyl sites for hydroxylation is 1. The van der Waals surface area contributed by atoms with Crippen molar-refractivity contribution in [2.24, 2.45) is 5.92 Å². The van der Waals surface area contributed by atoms with Gasteiger partial charge in [-0.25, -0.2) is 0 Å². The van der Waals surface area contributed by atoms with Crippen LogP contribution in [-0.2, 0) is 31.1 Å². The largest absolute Gasteiger partial charge is 0.342 e. The van der Waals surface area contributed by atoms with Crippen molar-refractivity contribution in [2.75, 3.05) is 13.1 Å². The molecule has 2 aromatic carbocycles. The maximum Gasteiger partial charge on any atom is 0.241 e. The van der Waals surface area contributed by atoms with E-state index < -0.39 is 5.41 Å². The van der Waals surface area contributed by atoms with E-state index in [9.17, 15) is 19.2 Å². The van der Waals surface area contributed by atoms with Crippen LogP contribution < -0.4 is 0 Å². The molecule has 0 N–H and O–H groups in total. The SMILES string of the molecule is CC(=O)[C@H]1CCCN(C(=O)C[C@@]2(c3ccccc3C)CC(=O)N(Cc3ccccc3)C2=O)C1. The lowest BCUT2D eigenvalue weighted by molar-refractivity contribution is -0.144. The zero-order valence-corrected chi connectivity index (χ0v) is 19.3. The van der Waals surface area contributed by atoms with Crippen LogP contribution in [0.3, 0.4) is 0 Å². The number of benzene rings is 2. The number of imide groups is 1. The fourth-order valence-electron chi connectivity index (χ4n) is 5.19. The molecule has 0 bridgehead atoms. The average Bonchev–Trinajstić information content (AvgIpc) is 3.04. The quantitative estimate of drug-likeness (QED) is 0.638. The Bertz CT molecular complexity index is 1080. The summed E-state index contributed by atoms with van der Waals surface area (Å²) in [5.74, 6) is -0.832. The third-order valence-electron chi connectivity index (χ3n) is 7.05. The van der Waals surface area contributed by atoms with E-state index in [4.69, 9.17) is 0 Å². The molecule has 2 fully saturated rings. The maximum atomic E-state index is 13.9. The summed E-state index contributed by atoms with van der Waals surface area (Å²) in [6.07, 6.45) is 1.45. The third-order valence-corrected chi connectivity index (χ3v) is 7.05. The normalized spacial score (nSPS) is 23.2. The Morgan fingerprint density at radius 3 is 2.42 bits per heavy atom. The molecule has 0 unspecified atom stereocenters. The van der Waals surface area contributed by atoms with Gasteiger partial charge in [0.15, 0.2) is 0 Å². The second-order valence-corrected chi connectivity index (χ2v) is 9.31. The molecule has 0 radical (unpaired) electrons. The van der Waals surface area contributed by atoms with Crippen LogP contribution in [0.25, 0.3) is 0 Å². The van der Waals surface area contributed by atoms with Crippen LogP contribution in [0.1, 0.15) is 49.3 Å². The standard InChI is InChI=1S/C27H30N2O4/c1-19-9-6-7-13-23(19)27(15-24(31)28-14-8-12-22(18-28)20(2)30)16-25(32)29(26(27)33)17-21-10-4-3-5-11-21/h3-7,9-11,13,22H,8,12,14-18H2,1-2H3/t22-,27-/m0/s1. The molecule has 172 valence electrons. The molecule has 33 heavy (non-hydrogen) atoms. The number of hydrogen-bond donors (Lipinski definition) is 0. The van der Waals surface area contributed by atoms with E-state index >= 15 is 0 Å². The lowest BCUT2D eigenvalue weighted by atomic mass is 9.73. The van der Waals surface area contributed by atoms with Crippen LogP contribution in [0, 0.1) is 12.8 Å². The zero-order chi connectivity index (χ0) is 23.6. The second kappa shape index (κ2) is 9.30. The predicted octanol–water partition coefficient (Wildman–Crippen LogP) is 3.41. The number of likely N-dealkylation sites (tertiary alicyclic amines) is 2. The molecule has 0 spiro atoms. The zero-order valence-electron chi connectivity index (χ0n) is 19.3. The van der Waals surface area contributed by atoms with Gasteiger partial charge in [-0.3, -0.25) is 24.1 Å². The number of hydrogen-bond acceptors (Lipinski definition) is 4. The molecule has 2 heterocycles. The summed E-state index contributed by atoms with van der Waals surface area (Å²) in [6.45, 7) is 4.62. The van der Waals surface area contributed by atoms with Crippen molar-refractivity contribution in [1.29, 1.82) is 0 Å². The number of amides is 3. The number of nitrogens with zero attached hydrogens (tertiary/aromatic N) is 2. The van der Waals surface area contributed by atoms with E-state index in [0.29, 0.717) is 13.1 Å². The predicted molar refractivity (Wildman–Crippen MR) is 124 cm³/mol. The van der Waals surface area contributed by atoms with Gasteiger partial charge in [-0.2, -0.15) is 0 Å². The van der Waals surface area contributed by atoms with Crippen LogP contribution in [0.15, 0.2) is 54.6 Å². The Kier molecular flexibility index (Phi) is 6.45. The van der Waals surface area contributed by atoms with Crippen molar-refractivity contribution in [1.82, 2.24) is 9.80 Å². The second-order valence-electron chi connectivity index (χ2n) is 9.31. The molecule has 0 saturated carbocycles. The van der Waals surface area contributed by atoms with Gasteiger partial charge in [0.05, 0.1) is 12.0 Å². The maximum absolute atomic E-state index is 13.9. The molecule has 6 nitrogen and oxygen atoms in total. The first-order valence-electron chi connectivity index (χ1n) is 11.5. The van der Waals surface area contributed by atoms with Gasteiger partial charge in [-0.05, 0) is 43.4 Å². The fourth-order valence-corrected chi connectivity index (χ4v) is 5.19. The minimum Gasteiger partial charge on any atom is -0.342 e. The topological polar surface area (TPSA) is 74.8 Å². The van der Waals surface area contributed by atoms with Gasteiger partial charge in [-0.1, -0.05) is 54.6 Å². The smallest absolute Gasteiger partial charge is 0.241 e. The van der Waals surface area contributed by atoms with Crippen molar-refractivity contribution in [2.45, 2.75) is 51.5 Å². The fraction of sp³-hybridized carbons (Fsp3) is 0.407. The van der Waals surface area contributed by atoms with Crippen LogP contribution >= 0.6 is 0 Å². The number of rotatable bonds is 6. The molecular weight excluding hydrogens is 416 g/mol. The molecular formula is C27H30N2O4. The Morgan fingerprint density at radius 2 is 1.73 bits per heavy atom. The summed E-state index contributed by atoms with van der Waals surface area (Å²) >= 11 is 0. The average molecular weight is 447 g/mol. The van der Waals surface area contributed by atoms with Crippen LogP contribution in [0.2, 0.25) is 0 Å². The monoisotopic (exact) mass is 446 g/mol. The van der Waals surface area contributed by atoms with E-state index in [1.54, 1.807) is 11.8 Å². The Morgan fingerprint density at radius 1 is 1.03 bits per heavy atom. The molecule has 2 aliphatic heterocycles. The van der Waals surface area contributed by atoms with Crippen molar-refractivity contribution in [3.63, 3.8) is 0 Å². The summed E-state index contributed by atoms with van der Waals surface area (Å²) in [5, 5.41) is 0. The number of carbonyl (C=O) groups is 4. The number of piperidine rings is 1. The molecule has 0 aliphatic carbocycles. The first kappa shape index (κ1) is 22.9. The first-order chi connectivity index (χ1) is 15.8. The molecule has 6 heteroatoms. The van der Waals surface area contributed by atoms with Gasteiger partial charge < -0.3 is 4.90 Å². The van der Waals surface area contributed by atoms with E-state index in [0.717, 1.165) is 29.5 Å². The summed E-state index contributed by atoms with van der Waals surface area (Å²) in [4.78, 5) is 55.4. The Labute approximate surface area is 194 Å². The molecule has 2 atom stereocenters. The highest BCUT2D eigenvalue weighted by atomic mass is 16.2. The summed E-state index contributed by atoms with van der Waals surface area (Å²) in [6, 6.07) is 16.9. The van der Waals surface area contributed by atoms with Gasteiger partial charge in [0.25, 0.3) is 0 Å². The van der Waals surface area contributed by atoms with Crippen molar-refractivity contribution < 1.29 is 19.2 Å². The molecule has 4 rings (SSSR count). The van der Waals surface area contributed by atoms with Crippen molar-refractivity contribution >= 4 is 23.5 Å². The molecule has 0 aromatic heterocycles. The highest BCUT2D eigenvalue weighted by Crippen LogP contribution is 2.42. The summed E-state index contributed by atoms with van der Waals surface area (Å²) < 4.78 is 0. The van der Waals surface area contributed by atoms with Gasteiger partial charge >= 0.3 is 0 Å². The van der Waals surface area contributed by atoms with Crippen LogP contribution in [0.5, 0.6) is 0 Å². The van der Waals surface area contributed by atoms with Crippen molar-refractivity contribution in [3.05, 3.63) is 71.3 Å². The van der Waals surface area contributed by atoms with Gasteiger partial charge in [0.1, 0.15) is 5.78 Å². The van der Waals surface area contributed by atoms with E-state index in [2.05, 4.69) is 0 Å². The minimum atomic E-state index is -1.22. The van der Waals surface area contributed by atoms with E-state index in [1.807, 2.05) is 61.5 Å². The summed E-state index contributed by atoms with van der Waals surface area (Å²) in [5.41, 5.74) is 1.25. The van der Waals surface area contributed by atoms with Crippen LogP contribution in [-0.4, -0.2) is 46.4 Å². The molecule has 3 amide bonds. The van der Waals surface area contributed by atoms with Gasteiger partial charge in [-0.15, -0.1) is 0 Å². The van der Waals surface area contributed by atoms with Crippen LogP contribution in [0.4, 0.5) is 0 Å². The van der Waals surface area contributed by atoms with Crippen molar-refractivity contribution in [3.8, 4) is 0 Å². The number of Topliss-reactive ketones (excluding diaryl/α,β-unsaturated/α-hetero) is 1. The Balaban J connectivity index is 1.66. The van der Waals surface area contributed by atoms with Gasteiger partial charge in [0, 0.05) is 31.8 Å². The third kappa shape index (κ3) is 4.47. The Hall–Kier alpha value is -3.28. The molecule has 2 aromatic rings. The molecule has 2 saturated heterocycles. The first-order valence-corrected chi connectivity index (χ1v) is 11.5. The minimum absolute atomic E-state index is 0.0285.